The number of carbonyl (C=O) groups is 1. The number of nitrogens with zero attached hydrogens (tertiary/aromatic N) is 1. The lowest BCUT2D eigenvalue weighted by Gasteiger charge is -2.45. The molecule has 5 nitrogen and oxygen atoms in total. The molecule has 2 aliphatic rings. The fourth-order valence-corrected chi connectivity index (χ4v) is 4.75. The van der Waals surface area contributed by atoms with Crippen molar-refractivity contribution in [3.8, 4) is 0 Å². The highest BCUT2D eigenvalue weighted by atomic mass is 35.5. The number of rotatable bonds is 2. The zero-order valence-electron chi connectivity index (χ0n) is 13.0. The summed E-state index contributed by atoms with van der Waals surface area (Å²) in [5, 5.41) is 13.4. The highest BCUT2D eigenvalue weighted by molar-refractivity contribution is 6.32. The number of piperidine rings is 1. The van der Waals surface area contributed by atoms with Crippen LogP contribution in [0.2, 0.25) is 5.15 Å². The van der Waals surface area contributed by atoms with Gasteiger partial charge in [0.2, 0.25) is 0 Å². The monoisotopic (exact) mass is 333 g/mol. The third kappa shape index (κ3) is 2.39. The standard InChI is InChI=1S/C17H20ClN3O2/c1-21-8-9(7-19-17(22)23)5-11-10-3-2-4-13-15(10)12(6-14(11)21)16(18)20-13/h2-4,9,11,14,19-20H,5-8H2,1H3,(H,22,23)/t9?,11?,14-/m1/s1. The topological polar surface area (TPSA) is 68.4 Å². The molecular weight excluding hydrogens is 314 g/mol. The van der Waals surface area contributed by atoms with Crippen molar-refractivity contribution in [1.82, 2.24) is 15.2 Å². The van der Waals surface area contributed by atoms with Crippen LogP contribution in [0.25, 0.3) is 10.9 Å². The molecule has 1 aromatic heterocycles. The van der Waals surface area contributed by atoms with Gasteiger partial charge < -0.3 is 20.3 Å². The van der Waals surface area contributed by atoms with Gasteiger partial charge in [0.15, 0.2) is 0 Å². The van der Waals surface area contributed by atoms with Gasteiger partial charge in [-0.15, -0.1) is 0 Å². The highest BCUT2D eigenvalue weighted by Crippen LogP contribution is 2.46. The fraction of sp³-hybridized carbons (Fsp3) is 0.471. The zero-order chi connectivity index (χ0) is 16.1. The van der Waals surface area contributed by atoms with Crippen LogP contribution in [0.4, 0.5) is 4.79 Å². The van der Waals surface area contributed by atoms with E-state index < -0.39 is 6.09 Å². The van der Waals surface area contributed by atoms with Crippen LogP contribution >= 0.6 is 11.6 Å². The SMILES string of the molecule is CN1CC(CNC(=O)O)CC2c3cccc4[nH]c(Cl)c(c34)C[C@H]21. The normalized spacial score (nSPS) is 27.0. The third-order valence-electron chi connectivity index (χ3n) is 5.43. The lowest BCUT2D eigenvalue weighted by atomic mass is 9.72. The number of halogens is 1. The summed E-state index contributed by atoms with van der Waals surface area (Å²) in [4.78, 5) is 16.4. The lowest BCUT2D eigenvalue weighted by Crippen LogP contribution is -2.50. The molecule has 1 aliphatic carbocycles. The number of H-pyrrole nitrogens is 1. The molecule has 2 heterocycles. The summed E-state index contributed by atoms with van der Waals surface area (Å²) in [6, 6.07) is 6.79. The van der Waals surface area contributed by atoms with Gasteiger partial charge in [0, 0.05) is 36.0 Å². The zero-order valence-corrected chi connectivity index (χ0v) is 13.7. The lowest BCUT2D eigenvalue weighted by molar-refractivity contribution is 0.110. The van der Waals surface area contributed by atoms with Crippen LogP contribution in [0.5, 0.6) is 0 Å². The number of benzene rings is 1. The van der Waals surface area contributed by atoms with Crippen molar-refractivity contribution in [2.24, 2.45) is 5.92 Å². The van der Waals surface area contributed by atoms with Crippen LogP contribution in [-0.4, -0.2) is 47.3 Å². The summed E-state index contributed by atoms with van der Waals surface area (Å²) in [6.45, 7) is 1.43. The van der Waals surface area contributed by atoms with E-state index in [-0.39, 0.29) is 0 Å². The molecule has 0 radical (unpaired) electrons. The number of fused-ring (bicyclic) bond motifs is 2. The second kappa shape index (κ2) is 5.42. The first kappa shape index (κ1) is 14.8. The van der Waals surface area contributed by atoms with E-state index in [0.717, 1.165) is 30.1 Å². The summed E-state index contributed by atoms with van der Waals surface area (Å²) < 4.78 is 0. The average Bonchev–Trinajstić information content (AvgIpc) is 2.84. The van der Waals surface area contributed by atoms with Gasteiger partial charge in [-0.1, -0.05) is 23.7 Å². The summed E-state index contributed by atoms with van der Waals surface area (Å²) in [5.74, 6) is 0.765. The predicted octanol–water partition coefficient (Wildman–Crippen LogP) is 3.05. The van der Waals surface area contributed by atoms with E-state index in [1.807, 2.05) is 0 Å². The minimum Gasteiger partial charge on any atom is -0.465 e. The number of nitrogens with one attached hydrogen (secondary N) is 2. The number of aromatic amines is 1. The van der Waals surface area contributed by atoms with E-state index in [9.17, 15) is 4.79 Å². The quantitative estimate of drug-likeness (QED) is 0.791. The number of amides is 1. The highest BCUT2D eigenvalue weighted by Gasteiger charge is 2.40. The van der Waals surface area contributed by atoms with Crippen molar-refractivity contribution < 1.29 is 9.90 Å². The van der Waals surface area contributed by atoms with Crippen molar-refractivity contribution >= 4 is 28.6 Å². The van der Waals surface area contributed by atoms with Crippen LogP contribution in [0.1, 0.15) is 23.5 Å². The molecule has 122 valence electrons. The van der Waals surface area contributed by atoms with Crippen LogP contribution in [0, 0.1) is 5.92 Å². The largest absolute Gasteiger partial charge is 0.465 e. The predicted molar refractivity (Wildman–Crippen MR) is 90.3 cm³/mol. The first-order chi connectivity index (χ1) is 11.0. The molecule has 1 saturated heterocycles. The van der Waals surface area contributed by atoms with Crippen molar-refractivity contribution in [3.63, 3.8) is 0 Å². The maximum atomic E-state index is 10.8. The van der Waals surface area contributed by atoms with Crippen LogP contribution in [0.15, 0.2) is 18.2 Å². The Kier molecular flexibility index (Phi) is 3.50. The molecule has 1 aromatic carbocycles. The number of likely N-dealkylation sites (tertiary alicyclic amines) is 1. The molecule has 0 bridgehead atoms. The van der Waals surface area contributed by atoms with Gasteiger partial charge in [-0.3, -0.25) is 0 Å². The maximum Gasteiger partial charge on any atom is 0.404 e. The molecule has 3 atom stereocenters. The van der Waals surface area contributed by atoms with Gasteiger partial charge in [0.05, 0.1) is 0 Å². The Balaban J connectivity index is 1.71. The van der Waals surface area contributed by atoms with E-state index in [4.69, 9.17) is 16.7 Å². The molecule has 1 aliphatic heterocycles. The molecule has 4 rings (SSSR count). The van der Waals surface area contributed by atoms with E-state index >= 15 is 0 Å². The molecular formula is C17H20ClN3O2. The smallest absolute Gasteiger partial charge is 0.404 e. The van der Waals surface area contributed by atoms with Gasteiger partial charge in [0.25, 0.3) is 0 Å². The molecule has 2 aromatic rings. The van der Waals surface area contributed by atoms with E-state index in [1.165, 1.54) is 16.5 Å². The number of likely N-dealkylation sites (N-methyl/N-ethyl adjacent to an activating group) is 1. The number of hydrogen-bond donors (Lipinski definition) is 3. The van der Waals surface area contributed by atoms with Crippen molar-refractivity contribution in [3.05, 3.63) is 34.5 Å². The van der Waals surface area contributed by atoms with E-state index in [2.05, 4.69) is 40.4 Å². The van der Waals surface area contributed by atoms with Crippen molar-refractivity contribution in [2.45, 2.75) is 24.8 Å². The Labute approximate surface area is 139 Å². The van der Waals surface area contributed by atoms with Gasteiger partial charge in [-0.25, -0.2) is 4.79 Å². The summed E-state index contributed by atoms with van der Waals surface area (Å²) in [6.07, 6.45) is 1.02. The Morgan fingerprint density at radius 2 is 2.35 bits per heavy atom. The Bertz CT molecular complexity index is 773. The van der Waals surface area contributed by atoms with E-state index in [1.54, 1.807) is 0 Å². The van der Waals surface area contributed by atoms with Gasteiger partial charge in [-0.05, 0) is 43.0 Å². The Morgan fingerprint density at radius 3 is 3.13 bits per heavy atom. The molecule has 23 heavy (non-hydrogen) atoms. The minimum absolute atomic E-state index is 0.337. The summed E-state index contributed by atoms with van der Waals surface area (Å²) >= 11 is 6.42. The maximum absolute atomic E-state index is 10.8. The summed E-state index contributed by atoms with van der Waals surface area (Å²) in [7, 11) is 2.14. The van der Waals surface area contributed by atoms with Crippen molar-refractivity contribution in [1.29, 1.82) is 0 Å². The third-order valence-corrected chi connectivity index (χ3v) is 5.75. The van der Waals surface area contributed by atoms with Gasteiger partial charge in [-0.2, -0.15) is 0 Å². The second-order valence-electron chi connectivity index (χ2n) is 6.79. The van der Waals surface area contributed by atoms with Crippen LogP contribution in [-0.2, 0) is 6.42 Å². The number of aromatic nitrogens is 1. The van der Waals surface area contributed by atoms with Crippen LogP contribution in [0.3, 0.4) is 0 Å². The first-order valence-corrected chi connectivity index (χ1v) is 8.38. The molecule has 2 unspecified atom stereocenters. The molecule has 0 spiro atoms. The average molecular weight is 334 g/mol. The fourth-order valence-electron chi connectivity index (χ4n) is 4.48. The second-order valence-corrected chi connectivity index (χ2v) is 7.17. The van der Waals surface area contributed by atoms with Crippen molar-refractivity contribution in [2.75, 3.05) is 20.1 Å². The Morgan fingerprint density at radius 1 is 1.52 bits per heavy atom. The molecule has 0 saturated carbocycles. The minimum atomic E-state index is -0.944. The van der Waals surface area contributed by atoms with Gasteiger partial charge >= 0.3 is 6.09 Å². The molecule has 1 amide bonds. The first-order valence-electron chi connectivity index (χ1n) is 8.00. The van der Waals surface area contributed by atoms with Gasteiger partial charge in [0.1, 0.15) is 5.15 Å². The van der Waals surface area contributed by atoms with Crippen LogP contribution < -0.4 is 5.32 Å². The Hall–Kier alpha value is -1.72. The van der Waals surface area contributed by atoms with E-state index in [0.29, 0.717) is 24.4 Å². The molecule has 1 fully saturated rings. The summed E-state index contributed by atoms with van der Waals surface area (Å²) in [5.41, 5.74) is 3.69. The number of hydrogen-bond acceptors (Lipinski definition) is 2. The molecule has 6 heteroatoms. The number of carboxylic acid groups (broad SMARTS) is 1. The molecule has 3 N–H and O–H groups in total.